The van der Waals surface area contributed by atoms with E-state index in [4.69, 9.17) is 4.74 Å². The summed E-state index contributed by atoms with van der Waals surface area (Å²) in [6, 6.07) is 8.04. The molecule has 1 N–H and O–H groups in total. The standard InChI is InChI=1S/C19H25N5O2S/c1-4-15-20-19-24(21-15)18(25)17(27-19)16(23-10-8-22(2)9-11-23)13-6-5-7-14(12-13)26-3/h5-7,12,16,25H,4,8-11H2,1-3H3/t16-/m0/s1. The molecule has 7 nitrogen and oxygen atoms in total. The van der Waals surface area contributed by atoms with Crippen molar-refractivity contribution in [1.82, 2.24) is 24.4 Å². The van der Waals surface area contributed by atoms with Crippen molar-refractivity contribution in [2.75, 3.05) is 40.3 Å². The van der Waals surface area contributed by atoms with E-state index in [-0.39, 0.29) is 11.9 Å². The van der Waals surface area contributed by atoms with E-state index in [0.717, 1.165) is 59.6 Å². The summed E-state index contributed by atoms with van der Waals surface area (Å²) in [4.78, 5) is 10.9. The summed E-state index contributed by atoms with van der Waals surface area (Å²) in [6.45, 7) is 5.89. The molecule has 0 unspecified atom stereocenters. The van der Waals surface area contributed by atoms with Crippen LogP contribution in [-0.2, 0) is 6.42 Å². The number of piperazine rings is 1. The van der Waals surface area contributed by atoms with Crippen LogP contribution in [0.25, 0.3) is 4.96 Å². The first-order chi connectivity index (χ1) is 13.1. The van der Waals surface area contributed by atoms with Crippen LogP contribution in [0.15, 0.2) is 24.3 Å². The Morgan fingerprint density at radius 2 is 2.04 bits per heavy atom. The lowest BCUT2D eigenvalue weighted by molar-refractivity contribution is 0.127. The highest BCUT2D eigenvalue weighted by atomic mass is 32.1. The van der Waals surface area contributed by atoms with Crippen LogP contribution in [0.3, 0.4) is 0 Å². The Bertz CT molecular complexity index is 929. The zero-order valence-corrected chi connectivity index (χ0v) is 16.7. The van der Waals surface area contributed by atoms with Gasteiger partial charge >= 0.3 is 0 Å². The number of aromatic nitrogens is 3. The van der Waals surface area contributed by atoms with E-state index in [1.54, 1.807) is 11.6 Å². The van der Waals surface area contributed by atoms with Crippen LogP contribution in [0, 0.1) is 0 Å². The van der Waals surface area contributed by atoms with E-state index in [2.05, 4.69) is 39.1 Å². The molecule has 1 saturated heterocycles. The SMILES string of the molecule is CCc1nc2sc([C@H](c3cccc(OC)c3)N3CCN(C)CC3)c(O)n2n1. The molecule has 1 fully saturated rings. The van der Waals surface area contributed by atoms with E-state index >= 15 is 0 Å². The smallest absolute Gasteiger partial charge is 0.230 e. The summed E-state index contributed by atoms with van der Waals surface area (Å²) in [5, 5.41) is 15.4. The van der Waals surface area contributed by atoms with Crippen molar-refractivity contribution in [3.05, 3.63) is 40.5 Å². The second-order valence-electron chi connectivity index (χ2n) is 6.88. The molecule has 0 saturated carbocycles. The van der Waals surface area contributed by atoms with E-state index in [1.165, 1.54) is 11.3 Å². The summed E-state index contributed by atoms with van der Waals surface area (Å²) in [7, 11) is 3.82. The van der Waals surface area contributed by atoms with E-state index in [9.17, 15) is 5.11 Å². The summed E-state index contributed by atoms with van der Waals surface area (Å²) >= 11 is 1.51. The van der Waals surface area contributed by atoms with Crippen LogP contribution in [0.4, 0.5) is 0 Å². The van der Waals surface area contributed by atoms with E-state index in [0.29, 0.717) is 0 Å². The lowest BCUT2D eigenvalue weighted by Crippen LogP contribution is -2.46. The highest BCUT2D eigenvalue weighted by Crippen LogP contribution is 2.40. The monoisotopic (exact) mass is 387 g/mol. The van der Waals surface area contributed by atoms with Crippen molar-refractivity contribution >= 4 is 16.3 Å². The molecule has 1 aromatic carbocycles. The number of benzene rings is 1. The number of hydrogen-bond donors (Lipinski definition) is 1. The highest BCUT2D eigenvalue weighted by Gasteiger charge is 2.31. The van der Waals surface area contributed by atoms with Crippen molar-refractivity contribution in [3.63, 3.8) is 0 Å². The molecule has 2 aromatic heterocycles. The number of likely N-dealkylation sites (N-methyl/N-ethyl adjacent to an activating group) is 1. The van der Waals surface area contributed by atoms with Crippen LogP contribution in [0.2, 0.25) is 0 Å². The minimum absolute atomic E-state index is 0.0487. The molecule has 0 amide bonds. The van der Waals surface area contributed by atoms with Crippen LogP contribution in [0.1, 0.15) is 29.2 Å². The lowest BCUT2D eigenvalue weighted by atomic mass is 10.0. The summed E-state index contributed by atoms with van der Waals surface area (Å²) in [5.41, 5.74) is 1.11. The normalized spacial score (nSPS) is 17.4. The van der Waals surface area contributed by atoms with Gasteiger partial charge in [0.2, 0.25) is 10.8 Å². The number of aromatic hydroxyl groups is 1. The number of thiazole rings is 1. The molecule has 144 valence electrons. The minimum atomic E-state index is -0.0487. The van der Waals surface area contributed by atoms with Gasteiger partial charge in [-0.15, -0.1) is 5.10 Å². The van der Waals surface area contributed by atoms with Crippen molar-refractivity contribution in [3.8, 4) is 11.6 Å². The molecule has 3 heterocycles. The third-order valence-electron chi connectivity index (χ3n) is 5.12. The Morgan fingerprint density at radius 3 is 2.70 bits per heavy atom. The molecule has 1 atom stereocenters. The van der Waals surface area contributed by atoms with Gasteiger partial charge in [-0.2, -0.15) is 4.52 Å². The first-order valence-corrected chi connectivity index (χ1v) is 10.1. The van der Waals surface area contributed by atoms with E-state index in [1.807, 2.05) is 19.1 Å². The molecule has 8 heteroatoms. The molecule has 0 bridgehead atoms. The predicted octanol–water partition coefficient (Wildman–Crippen LogP) is 2.40. The van der Waals surface area contributed by atoms with Crippen LogP contribution in [-0.4, -0.2) is 69.8 Å². The van der Waals surface area contributed by atoms with Crippen LogP contribution < -0.4 is 4.74 Å². The number of fused-ring (bicyclic) bond motifs is 1. The highest BCUT2D eigenvalue weighted by molar-refractivity contribution is 7.17. The number of aryl methyl sites for hydroxylation is 1. The number of nitrogens with zero attached hydrogens (tertiary/aromatic N) is 5. The Morgan fingerprint density at radius 1 is 1.26 bits per heavy atom. The van der Waals surface area contributed by atoms with Crippen molar-refractivity contribution in [1.29, 1.82) is 0 Å². The summed E-state index contributed by atoms with van der Waals surface area (Å²) in [6.07, 6.45) is 0.751. The largest absolute Gasteiger partial charge is 0.497 e. The average Bonchev–Trinajstić information content (AvgIpc) is 3.23. The van der Waals surface area contributed by atoms with Gasteiger partial charge in [0.1, 0.15) is 5.75 Å². The van der Waals surface area contributed by atoms with Crippen molar-refractivity contribution < 1.29 is 9.84 Å². The maximum absolute atomic E-state index is 10.9. The Hall–Kier alpha value is -2.16. The van der Waals surface area contributed by atoms with Gasteiger partial charge in [0.25, 0.3) is 0 Å². The molecule has 1 aliphatic rings. The zero-order valence-electron chi connectivity index (χ0n) is 15.9. The maximum atomic E-state index is 10.9. The third-order valence-corrected chi connectivity index (χ3v) is 6.19. The second kappa shape index (κ2) is 7.46. The number of ether oxygens (including phenoxy) is 1. The molecule has 4 rings (SSSR count). The fourth-order valence-corrected chi connectivity index (χ4v) is 4.67. The molecule has 0 radical (unpaired) electrons. The lowest BCUT2D eigenvalue weighted by Gasteiger charge is -2.37. The average molecular weight is 388 g/mol. The van der Waals surface area contributed by atoms with Gasteiger partial charge in [-0.1, -0.05) is 30.4 Å². The molecule has 3 aromatic rings. The molecule has 0 aliphatic carbocycles. The maximum Gasteiger partial charge on any atom is 0.230 e. The fraction of sp³-hybridized carbons (Fsp3) is 0.474. The van der Waals surface area contributed by atoms with Crippen molar-refractivity contribution in [2.24, 2.45) is 0 Å². The van der Waals surface area contributed by atoms with Crippen molar-refractivity contribution in [2.45, 2.75) is 19.4 Å². The summed E-state index contributed by atoms with van der Waals surface area (Å²) in [5.74, 6) is 1.76. The Labute approximate surface area is 162 Å². The molecular formula is C19H25N5O2S. The number of rotatable bonds is 5. The predicted molar refractivity (Wildman–Crippen MR) is 106 cm³/mol. The second-order valence-corrected chi connectivity index (χ2v) is 7.89. The van der Waals surface area contributed by atoms with Gasteiger partial charge < -0.3 is 14.7 Å². The van der Waals surface area contributed by atoms with Crippen LogP contribution in [0.5, 0.6) is 11.6 Å². The van der Waals surface area contributed by atoms with Gasteiger partial charge in [0.05, 0.1) is 18.0 Å². The van der Waals surface area contributed by atoms with Gasteiger partial charge in [0, 0.05) is 32.6 Å². The summed E-state index contributed by atoms with van der Waals surface area (Å²) < 4.78 is 7.01. The van der Waals surface area contributed by atoms with Gasteiger partial charge in [-0.25, -0.2) is 4.98 Å². The molecule has 1 aliphatic heterocycles. The molecular weight excluding hydrogens is 362 g/mol. The quantitative estimate of drug-likeness (QED) is 0.725. The van der Waals surface area contributed by atoms with E-state index < -0.39 is 0 Å². The third kappa shape index (κ3) is 3.40. The van der Waals surface area contributed by atoms with Gasteiger partial charge in [-0.3, -0.25) is 4.90 Å². The Kier molecular flexibility index (Phi) is 5.03. The van der Waals surface area contributed by atoms with Crippen LogP contribution >= 0.6 is 11.3 Å². The van der Waals surface area contributed by atoms with Gasteiger partial charge in [-0.05, 0) is 24.7 Å². The minimum Gasteiger partial charge on any atom is -0.497 e. The fourth-order valence-electron chi connectivity index (χ4n) is 3.54. The zero-order chi connectivity index (χ0) is 19.0. The number of methoxy groups -OCH3 is 1. The molecule has 27 heavy (non-hydrogen) atoms. The first kappa shape index (κ1) is 18.2. The Balaban J connectivity index is 1.79. The topological polar surface area (TPSA) is 66.1 Å². The number of hydrogen-bond acceptors (Lipinski definition) is 7. The molecule has 0 spiro atoms. The van der Waals surface area contributed by atoms with Gasteiger partial charge in [0.15, 0.2) is 5.82 Å². The first-order valence-electron chi connectivity index (χ1n) is 9.24.